The van der Waals surface area contributed by atoms with E-state index in [0.717, 1.165) is 0 Å². The third-order valence-electron chi connectivity index (χ3n) is 3.41. The highest BCUT2D eigenvalue weighted by Gasteiger charge is 2.15. The van der Waals surface area contributed by atoms with Crippen molar-refractivity contribution in [2.45, 2.75) is 13.0 Å². The Bertz CT molecular complexity index is 729. The Balaban J connectivity index is 2.30. The number of nitrogens with two attached hydrogens (primary N) is 1. The van der Waals surface area contributed by atoms with Crippen molar-refractivity contribution in [3.63, 3.8) is 0 Å². The molecule has 0 saturated heterocycles. The molecule has 9 heteroatoms. The highest BCUT2D eigenvalue weighted by molar-refractivity contribution is 6.32. The molecule has 1 heterocycles. The number of anilines is 4. The molecule has 4 N–H and O–H groups in total. The zero-order valence-corrected chi connectivity index (χ0v) is 15.3. The van der Waals surface area contributed by atoms with Crippen molar-refractivity contribution in [3.8, 4) is 11.5 Å². The van der Waals surface area contributed by atoms with Crippen LogP contribution in [0, 0.1) is 0 Å². The molecule has 2 aromatic rings. The van der Waals surface area contributed by atoms with Crippen LogP contribution in [-0.4, -0.2) is 43.9 Å². The maximum absolute atomic E-state index is 6.19. The second kappa shape index (κ2) is 8.59. The van der Waals surface area contributed by atoms with Crippen LogP contribution in [0.3, 0.4) is 0 Å². The van der Waals surface area contributed by atoms with E-state index in [9.17, 15) is 0 Å². The maximum atomic E-state index is 6.19. The number of methoxy groups -OCH3 is 3. The topological polar surface area (TPSA) is 104 Å². The van der Waals surface area contributed by atoms with Crippen molar-refractivity contribution >= 4 is 34.6 Å². The van der Waals surface area contributed by atoms with E-state index in [0.29, 0.717) is 46.1 Å². The van der Waals surface area contributed by atoms with E-state index in [1.54, 1.807) is 26.4 Å². The van der Waals surface area contributed by atoms with Gasteiger partial charge in [0.15, 0.2) is 11.6 Å². The van der Waals surface area contributed by atoms with E-state index in [-0.39, 0.29) is 6.04 Å². The smallest absolute Gasteiger partial charge is 0.159 e. The molecule has 0 aliphatic rings. The minimum atomic E-state index is 0.0417. The van der Waals surface area contributed by atoms with Crippen molar-refractivity contribution < 1.29 is 14.2 Å². The van der Waals surface area contributed by atoms with Gasteiger partial charge in [0, 0.05) is 19.2 Å². The first-order chi connectivity index (χ1) is 12.0. The summed E-state index contributed by atoms with van der Waals surface area (Å²) in [6.45, 7) is 2.48. The summed E-state index contributed by atoms with van der Waals surface area (Å²) >= 11 is 6.19. The Hall–Kier alpha value is -2.45. The van der Waals surface area contributed by atoms with Gasteiger partial charge in [-0.25, -0.2) is 9.97 Å². The molecule has 136 valence electrons. The Morgan fingerprint density at radius 1 is 1.12 bits per heavy atom. The van der Waals surface area contributed by atoms with Gasteiger partial charge in [-0.3, -0.25) is 0 Å². The lowest BCUT2D eigenvalue weighted by molar-refractivity contribution is 0.190. The lowest BCUT2D eigenvalue weighted by Gasteiger charge is -2.18. The van der Waals surface area contributed by atoms with Gasteiger partial charge in [0.2, 0.25) is 0 Å². The molecule has 0 saturated carbocycles. The second-order valence-electron chi connectivity index (χ2n) is 5.30. The minimum absolute atomic E-state index is 0.0417. The molecule has 0 spiro atoms. The Labute approximate surface area is 151 Å². The van der Waals surface area contributed by atoms with Gasteiger partial charge in [0.05, 0.1) is 31.5 Å². The van der Waals surface area contributed by atoms with Gasteiger partial charge < -0.3 is 30.6 Å². The number of halogens is 1. The summed E-state index contributed by atoms with van der Waals surface area (Å²) in [7, 11) is 4.72. The first-order valence-corrected chi connectivity index (χ1v) is 7.92. The average Bonchev–Trinajstić information content (AvgIpc) is 2.59. The van der Waals surface area contributed by atoms with Gasteiger partial charge in [-0.2, -0.15) is 0 Å². The van der Waals surface area contributed by atoms with Crippen molar-refractivity contribution in [1.82, 2.24) is 9.97 Å². The summed E-state index contributed by atoms with van der Waals surface area (Å²) in [6, 6.07) is 3.41. The lowest BCUT2D eigenvalue weighted by Crippen LogP contribution is -2.22. The first kappa shape index (κ1) is 18.9. The van der Waals surface area contributed by atoms with Gasteiger partial charge in [0.25, 0.3) is 0 Å². The number of ether oxygens (including phenoxy) is 3. The minimum Gasteiger partial charge on any atom is -0.495 e. The second-order valence-corrected chi connectivity index (χ2v) is 5.70. The molecule has 1 atom stereocenters. The fraction of sp³-hybridized carbons (Fsp3) is 0.375. The quantitative estimate of drug-likeness (QED) is 0.654. The van der Waals surface area contributed by atoms with Crippen LogP contribution < -0.4 is 25.8 Å². The predicted molar refractivity (Wildman–Crippen MR) is 99.2 cm³/mol. The van der Waals surface area contributed by atoms with E-state index in [1.165, 1.54) is 13.4 Å². The Kier molecular flexibility index (Phi) is 6.49. The summed E-state index contributed by atoms with van der Waals surface area (Å²) in [6.07, 6.45) is 1.41. The van der Waals surface area contributed by atoms with Gasteiger partial charge >= 0.3 is 0 Å². The van der Waals surface area contributed by atoms with E-state index in [4.69, 9.17) is 31.5 Å². The molecule has 0 amide bonds. The van der Waals surface area contributed by atoms with Crippen LogP contribution in [0.5, 0.6) is 11.5 Å². The number of nitrogens with one attached hydrogen (secondary N) is 2. The van der Waals surface area contributed by atoms with E-state index in [1.807, 2.05) is 6.92 Å². The molecule has 0 fully saturated rings. The van der Waals surface area contributed by atoms with Crippen LogP contribution in [0.1, 0.15) is 6.92 Å². The van der Waals surface area contributed by atoms with Gasteiger partial charge in [0.1, 0.15) is 23.5 Å². The van der Waals surface area contributed by atoms with Crippen LogP contribution in [0.15, 0.2) is 18.5 Å². The molecular weight excluding hydrogens is 346 g/mol. The number of benzene rings is 1. The number of aromatic nitrogens is 2. The summed E-state index contributed by atoms with van der Waals surface area (Å²) in [5, 5.41) is 6.73. The lowest BCUT2D eigenvalue weighted by atomic mass is 10.2. The monoisotopic (exact) mass is 367 g/mol. The van der Waals surface area contributed by atoms with Crippen LogP contribution in [0.4, 0.5) is 23.0 Å². The zero-order chi connectivity index (χ0) is 18.4. The van der Waals surface area contributed by atoms with Crippen molar-refractivity contribution in [1.29, 1.82) is 0 Å². The maximum Gasteiger partial charge on any atom is 0.159 e. The largest absolute Gasteiger partial charge is 0.495 e. The van der Waals surface area contributed by atoms with Crippen LogP contribution in [0.25, 0.3) is 0 Å². The van der Waals surface area contributed by atoms with Crippen LogP contribution in [-0.2, 0) is 4.74 Å². The van der Waals surface area contributed by atoms with Gasteiger partial charge in [-0.05, 0) is 13.0 Å². The van der Waals surface area contributed by atoms with Crippen molar-refractivity contribution in [2.24, 2.45) is 0 Å². The molecule has 0 radical (unpaired) electrons. The molecule has 1 aromatic carbocycles. The number of hydrogen-bond donors (Lipinski definition) is 3. The first-order valence-electron chi connectivity index (χ1n) is 7.54. The predicted octanol–water partition coefficient (Wildman–Crippen LogP) is 2.92. The summed E-state index contributed by atoms with van der Waals surface area (Å²) in [4.78, 5) is 8.36. The average molecular weight is 368 g/mol. The van der Waals surface area contributed by atoms with Crippen LogP contribution in [0.2, 0.25) is 5.02 Å². The van der Waals surface area contributed by atoms with E-state index in [2.05, 4.69) is 20.6 Å². The molecule has 2 rings (SSSR count). The van der Waals surface area contributed by atoms with E-state index < -0.39 is 0 Å². The number of rotatable bonds is 8. The molecule has 1 aromatic heterocycles. The summed E-state index contributed by atoms with van der Waals surface area (Å²) in [5.41, 5.74) is 7.15. The highest BCUT2D eigenvalue weighted by atomic mass is 35.5. The highest BCUT2D eigenvalue weighted by Crippen LogP contribution is 2.38. The molecule has 8 nitrogen and oxygen atoms in total. The number of nitrogens with zero attached hydrogens (tertiary/aromatic N) is 2. The number of hydrogen-bond acceptors (Lipinski definition) is 8. The summed E-state index contributed by atoms with van der Waals surface area (Å²) < 4.78 is 15.7. The van der Waals surface area contributed by atoms with Gasteiger partial charge in [-0.1, -0.05) is 11.6 Å². The third kappa shape index (κ3) is 4.55. The molecule has 0 aliphatic heterocycles. The molecule has 1 unspecified atom stereocenters. The summed E-state index contributed by atoms with van der Waals surface area (Å²) in [5.74, 6) is 2.00. The normalized spacial score (nSPS) is 11.7. The number of nitrogen functional groups attached to an aromatic ring is 1. The molecule has 25 heavy (non-hydrogen) atoms. The van der Waals surface area contributed by atoms with Crippen molar-refractivity contribution in [3.05, 3.63) is 23.5 Å². The van der Waals surface area contributed by atoms with E-state index >= 15 is 0 Å². The standard InChI is InChI=1S/C16H22ClN5O3/c1-9(7-23-2)21-15-14(18)16(20-8-19-15)22-11-5-10(17)12(24-3)6-13(11)25-4/h5-6,8-9H,7,18H2,1-4H3,(H2,19,20,21,22). The fourth-order valence-corrected chi connectivity index (χ4v) is 2.46. The fourth-order valence-electron chi connectivity index (χ4n) is 2.22. The zero-order valence-electron chi connectivity index (χ0n) is 14.6. The Morgan fingerprint density at radius 2 is 1.80 bits per heavy atom. The molecular formula is C16H22ClN5O3. The Morgan fingerprint density at radius 3 is 2.44 bits per heavy atom. The van der Waals surface area contributed by atoms with Crippen molar-refractivity contribution in [2.75, 3.05) is 44.3 Å². The molecule has 0 bridgehead atoms. The SMILES string of the molecule is COCC(C)Nc1ncnc(Nc2cc(Cl)c(OC)cc2OC)c1N. The molecule has 0 aliphatic carbocycles. The van der Waals surface area contributed by atoms with Crippen LogP contribution >= 0.6 is 11.6 Å². The third-order valence-corrected chi connectivity index (χ3v) is 3.71. The van der Waals surface area contributed by atoms with Gasteiger partial charge in [-0.15, -0.1) is 0 Å².